The molecular weight excluding hydrogens is 248 g/mol. The second-order valence-electron chi connectivity index (χ2n) is 3.79. The zero-order valence-corrected chi connectivity index (χ0v) is 10.7. The second kappa shape index (κ2) is 5.73. The molecule has 0 amide bonds. The first-order chi connectivity index (χ1) is 8.72. The lowest BCUT2D eigenvalue weighted by molar-refractivity contribution is -0.137. The lowest BCUT2D eigenvalue weighted by Gasteiger charge is -2.04. The molecule has 2 rings (SSSR count). The van der Waals surface area contributed by atoms with Crippen molar-refractivity contribution >= 4 is 28.8 Å². The zero-order valence-electron chi connectivity index (χ0n) is 9.87. The van der Waals surface area contributed by atoms with Gasteiger partial charge in [0.05, 0.1) is 11.0 Å². The number of hydrogen-bond acceptors (Lipinski definition) is 3. The topological polar surface area (TPSA) is 55.1 Å². The van der Waals surface area contributed by atoms with Crippen molar-refractivity contribution in [3.63, 3.8) is 0 Å². The van der Waals surface area contributed by atoms with E-state index in [4.69, 9.17) is 5.11 Å². The highest BCUT2D eigenvalue weighted by molar-refractivity contribution is 7.99. The molecule has 0 fully saturated rings. The van der Waals surface area contributed by atoms with Gasteiger partial charge in [-0.05, 0) is 18.6 Å². The minimum atomic E-state index is -0.858. The van der Waals surface area contributed by atoms with E-state index < -0.39 is 5.97 Å². The first-order valence-electron chi connectivity index (χ1n) is 5.63. The number of allylic oxidation sites excluding steroid dienone is 1. The van der Waals surface area contributed by atoms with Crippen molar-refractivity contribution in [3.05, 3.63) is 36.9 Å². The Morgan fingerprint density at radius 3 is 3.00 bits per heavy atom. The Labute approximate surface area is 109 Å². The van der Waals surface area contributed by atoms with Crippen LogP contribution in [0.25, 0.3) is 11.0 Å². The van der Waals surface area contributed by atoms with Gasteiger partial charge in [0, 0.05) is 5.75 Å². The molecule has 1 aromatic heterocycles. The molecule has 2 aromatic rings. The summed E-state index contributed by atoms with van der Waals surface area (Å²) in [6, 6.07) is 7.58. The summed E-state index contributed by atoms with van der Waals surface area (Å²) in [6.07, 6.45) is 2.72. The van der Waals surface area contributed by atoms with Crippen LogP contribution in [-0.2, 0) is 11.3 Å². The van der Waals surface area contributed by atoms with Crippen LogP contribution in [0, 0.1) is 0 Å². The molecule has 94 valence electrons. The number of carboxylic acids is 1. The predicted octanol–water partition coefficient (Wildman–Crippen LogP) is 2.79. The summed E-state index contributed by atoms with van der Waals surface area (Å²) in [7, 11) is 0. The first-order valence-corrected chi connectivity index (χ1v) is 6.61. The van der Waals surface area contributed by atoms with E-state index in [2.05, 4.69) is 11.6 Å². The lowest BCUT2D eigenvalue weighted by atomic mass is 10.3. The highest BCUT2D eigenvalue weighted by Crippen LogP contribution is 2.24. The van der Waals surface area contributed by atoms with E-state index in [1.54, 1.807) is 16.3 Å². The van der Waals surface area contributed by atoms with Crippen molar-refractivity contribution in [1.29, 1.82) is 0 Å². The second-order valence-corrected chi connectivity index (χ2v) is 4.85. The Morgan fingerprint density at radius 1 is 1.50 bits per heavy atom. The zero-order chi connectivity index (χ0) is 13.0. The van der Waals surface area contributed by atoms with Crippen molar-refractivity contribution in [2.45, 2.75) is 18.1 Å². The van der Waals surface area contributed by atoms with Gasteiger partial charge in [-0.25, -0.2) is 4.98 Å². The third-order valence-electron chi connectivity index (χ3n) is 2.47. The Bertz CT molecular complexity index is 577. The number of aromatic nitrogens is 2. The van der Waals surface area contributed by atoms with E-state index in [1.165, 1.54) is 0 Å². The number of imidazole rings is 1. The van der Waals surface area contributed by atoms with E-state index in [0.29, 0.717) is 0 Å². The smallest absolute Gasteiger partial charge is 0.323 e. The van der Waals surface area contributed by atoms with Crippen LogP contribution in [0.4, 0.5) is 0 Å². The van der Waals surface area contributed by atoms with Crippen LogP contribution in [-0.4, -0.2) is 26.4 Å². The number of carbonyl (C=O) groups is 1. The number of thioether (sulfide) groups is 1. The minimum Gasteiger partial charge on any atom is -0.480 e. The van der Waals surface area contributed by atoms with Gasteiger partial charge in [0.1, 0.15) is 6.54 Å². The molecular formula is C13H14N2O2S. The Morgan fingerprint density at radius 2 is 2.28 bits per heavy atom. The number of carboxylic acid groups (broad SMARTS) is 1. The van der Waals surface area contributed by atoms with Crippen LogP contribution < -0.4 is 0 Å². The van der Waals surface area contributed by atoms with Gasteiger partial charge >= 0.3 is 5.97 Å². The van der Waals surface area contributed by atoms with E-state index in [0.717, 1.165) is 28.4 Å². The fourth-order valence-corrected chi connectivity index (χ4v) is 2.63. The number of para-hydroxylation sites is 2. The van der Waals surface area contributed by atoms with Gasteiger partial charge in [-0.2, -0.15) is 0 Å². The fourth-order valence-electron chi connectivity index (χ4n) is 1.69. The predicted molar refractivity (Wildman–Crippen MR) is 72.9 cm³/mol. The Balaban J connectivity index is 2.36. The van der Waals surface area contributed by atoms with Gasteiger partial charge in [0.2, 0.25) is 0 Å². The van der Waals surface area contributed by atoms with E-state index in [-0.39, 0.29) is 6.54 Å². The largest absolute Gasteiger partial charge is 0.480 e. The molecule has 0 atom stereocenters. The summed E-state index contributed by atoms with van der Waals surface area (Å²) >= 11 is 1.56. The maximum atomic E-state index is 10.9. The summed E-state index contributed by atoms with van der Waals surface area (Å²) < 4.78 is 1.74. The summed E-state index contributed by atoms with van der Waals surface area (Å²) in [5, 5.41) is 9.72. The summed E-state index contributed by atoms with van der Waals surface area (Å²) in [5.41, 5.74) is 1.70. The van der Waals surface area contributed by atoms with Crippen molar-refractivity contribution in [2.75, 3.05) is 5.75 Å². The van der Waals surface area contributed by atoms with E-state index >= 15 is 0 Å². The van der Waals surface area contributed by atoms with Gasteiger partial charge in [0.15, 0.2) is 5.16 Å². The maximum absolute atomic E-state index is 10.9. The molecule has 5 heteroatoms. The first kappa shape index (κ1) is 12.7. The molecule has 18 heavy (non-hydrogen) atoms. The molecule has 1 aromatic carbocycles. The van der Waals surface area contributed by atoms with E-state index in [1.807, 2.05) is 30.3 Å². The average molecular weight is 262 g/mol. The monoisotopic (exact) mass is 262 g/mol. The number of fused-ring (bicyclic) bond motifs is 1. The van der Waals surface area contributed by atoms with Crippen LogP contribution in [0.2, 0.25) is 0 Å². The molecule has 0 aliphatic rings. The third-order valence-corrected chi connectivity index (χ3v) is 3.48. The van der Waals surface area contributed by atoms with Crippen LogP contribution in [0.3, 0.4) is 0 Å². The molecule has 0 radical (unpaired) electrons. The van der Waals surface area contributed by atoms with Gasteiger partial charge in [-0.3, -0.25) is 4.79 Å². The van der Waals surface area contributed by atoms with Crippen LogP contribution >= 0.6 is 11.8 Å². The molecule has 1 N–H and O–H groups in total. The highest BCUT2D eigenvalue weighted by Gasteiger charge is 2.12. The molecule has 0 unspecified atom stereocenters. The molecule has 0 saturated carbocycles. The van der Waals surface area contributed by atoms with Crippen molar-refractivity contribution < 1.29 is 9.90 Å². The summed E-state index contributed by atoms with van der Waals surface area (Å²) in [6.45, 7) is 3.61. The van der Waals surface area contributed by atoms with Crippen LogP contribution in [0.1, 0.15) is 6.42 Å². The normalized spacial score (nSPS) is 10.7. The summed E-state index contributed by atoms with van der Waals surface area (Å²) in [4.78, 5) is 15.4. The maximum Gasteiger partial charge on any atom is 0.323 e. The van der Waals surface area contributed by atoms with Crippen molar-refractivity contribution in [2.24, 2.45) is 0 Å². The number of benzene rings is 1. The van der Waals surface area contributed by atoms with Gasteiger partial charge < -0.3 is 9.67 Å². The van der Waals surface area contributed by atoms with Gasteiger partial charge in [0.25, 0.3) is 0 Å². The molecule has 4 nitrogen and oxygen atoms in total. The van der Waals surface area contributed by atoms with Crippen molar-refractivity contribution in [3.8, 4) is 0 Å². The molecule has 0 spiro atoms. The Hall–Kier alpha value is -1.75. The molecule has 0 aliphatic heterocycles. The third kappa shape index (κ3) is 2.73. The van der Waals surface area contributed by atoms with Crippen LogP contribution in [0.15, 0.2) is 42.1 Å². The van der Waals surface area contributed by atoms with Gasteiger partial charge in [-0.1, -0.05) is 30.0 Å². The molecule has 0 saturated heterocycles. The molecule has 0 aliphatic carbocycles. The number of rotatable bonds is 6. The average Bonchev–Trinajstić information content (AvgIpc) is 2.68. The lowest BCUT2D eigenvalue weighted by Crippen LogP contribution is -2.09. The minimum absolute atomic E-state index is 0.0586. The fraction of sp³-hybridized carbons (Fsp3) is 0.231. The quantitative estimate of drug-likeness (QED) is 0.494. The summed E-state index contributed by atoms with van der Waals surface area (Å²) in [5.74, 6) is -0.00405. The number of hydrogen-bond donors (Lipinski definition) is 1. The Kier molecular flexibility index (Phi) is 4.04. The number of aliphatic carboxylic acids is 1. The molecule has 0 bridgehead atoms. The van der Waals surface area contributed by atoms with Crippen LogP contribution in [0.5, 0.6) is 0 Å². The SMILES string of the molecule is C=CCCSc1nc2ccccc2n1CC(=O)O. The molecule has 1 heterocycles. The van der Waals surface area contributed by atoms with Crippen molar-refractivity contribution in [1.82, 2.24) is 9.55 Å². The van der Waals surface area contributed by atoms with E-state index in [9.17, 15) is 4.79 Å². The van der Waals surface area contributed by atoms with Gasteiger partial charge in [-0.15, -0.1) is 6.58 Å². The highest BCUT2D eigenvalue weighted by atomic mass is 32.2. The number of nitrogens with zero attached hydrogens (tertiary/aromatic N) is 2. The standard InChI is InChI=1S/C13H14N2O2S/c1-2-3-8-18-13-14-10-6-4-5-7-11(10)15(13)9-12(16)17/h2,4-7H,1,3,8-9H2,(H,16,17).